The predicted molar refractivity (Wildman–Crippen MR) is 342 cm³/mol. The van der Waals surface area contributed by atoms with E-state index in [9.17, 15) is 63.0 Å². The summed E-state index contributed by atoms with van der Waals surface area (Å²) in [7, 11) is 3.37. The average molecular weight is 1270 g/mol. The first-order valence-electron chi connectivity index (χ1n) is 32.2. The largest absolute Gasteiger partial charge is 0.459 e. The van der Waals surface area contributed by atoms with E-state index in [1.807, 2.05) is 58.0 Å². The van der Waals surface area contributed by atoms with Crippen LogP contribution in [0.15, 0.2) is 42.7 Å². The van der Waals surface area contributed by atoms with E-state index in [0.29, 0.717) is 57.3 Å². The van der Waals surface area contributed by atoms with Crippen LogP contribution in [0, 0.1) is 41.4 Å². The van der Waals surface area contributed by atoms with Gasteiger partial charge in [0.25, 0.3) is 0 Å². The molecule has 0 aliphatic carbocycles. The molecule has 0 saturated carbocycles. The number of Topliss-reactive ketones (excluding diaryl/α,β-unsaturated/α-hetero) is 3. The molecule has 14 N–H and O–H groups in total. The number of aliphatic hydroxyl groups is 2. The fourth-order valence-electron chi connectivity index (χ4n) is 10.6. The average Bonchev–Trinajstić information content (AvgIpc) is 2.74. The highest BCUT2D eigenvalue weighted by Gasteiger charge is 2.41. The molecule has 1 aliphatic rings. The summed E-state index contributed by atoms with van der Waals surface area (Å²) >= 11 is 0. The van der Waals surface area contributed by atoms with Crippen LogP contribution in [0.2, 0.25) is 0 Å². The molecule has 1 aliphatic heterocycles. The molecular weight excluding hydrogens is 1160 g/mol. The highest BCUT2D eigenvalue weighted by atomic mass is 16.5. The van der Waals surface area contributed by atoms with Crippen molar-refractivity contribution in [3.8, 4) is 0 Å². The number of nitrogens with two attached hydrogens (primary N) is 1. The summed E-state index contributed by atoms with van der Waals surface area (Å²) in [5, 5.41) is 49.9. The lowest BCUT2D eigenvalue weighted by Gasteiger charge is -2.33. The predicted octanol–water partition coefficient (Wildman–Crippen LogP) is 1.65. The fourth-order valence-corrected chi connectivity index (χ4v) is 10.6. The third kappa shape index (κ3) is 25.8. The van der Waals surface area contributed by atoms with E-state index in [0.717, 1.165) is 12.0 Å². The zero-order valence-corrected chi connectivity index (χ0v) is 55.6. The lowest BCUT2D eigenvalue weighted by Crippen LogP contribution is -2.59. The molecule has 7 amide bonds. The van der Waals surface area contributed by atoms with Gasteiger partial charge in [0, 0.05) is 63.2 Å². The molecule has 1 unspecified atom stereocenters. The Hall–Kier alpha value is -6.83. The molecule has 0 spiro atoms. The van der Waals surface area contributed by atoms with E-state index in [-0.39, 0.29) is 25.2 Å². The maximum Gasteiger partial charge on any atom is 0.323 e. The van der Waals surface area contributed by atoms with Crippen molar-refractivity contribution < 1.29 is 67.7 Å². The van der Waals surface area contributed by atoms with Crippen LogP contribution in [-0.2, 0) is 63.9 Å². The van der Waals surface area contributed by atoms with E-state index in [1.165, 1.54) is 6.92 Å². The number of cyclic esters (lactones) is 1. The molecule has 1 heterocycles. The van der Waals surface area contributed by atoms with Crippen molar-refractivity contribution in [2.45, 2.75) is 220 Å². The Morgan fingerprint density at radius 1 is 0.711 bits per heavy atom. The van der Waals surface area contributed by atoms with Crippen molar-refractivity contribution in [2.24, 2.45) is 47.2 Å². The van der Waals surface area contributed by atoms with Crippen molar-refractivity contribution in [3.05, 3.63) is 48.3 Å². The number of esters is 1. The van der Waals surface area contributed by atoms with Gasteiger partial charge in [-0.2, -0.15) is 0 Å². The lowest BCUT2D eigenvalue weighted by molar-refractivity contribution is -0.156. The Balaban J connectivity index is 2.39. The minimum atomic E-state index is -1.63. The number of carbonyl (C=O) groups excluding carboxylic acids is 11. The van der Waals surface area contributed by atoms with E-state index >= 15 is 0 Å². The molecule has 0 radical (unpaired) electrons. The minimum Gasteiger partial charge on any atom is -0.459 e. The van der Waals surface area contributed by atoms with E-state index in [4.69, 9.17) is 10.5 Å². The first-order chi connectivity index (χ1) is 42.6. The first kappa shape index (κ1) is 79.3. The molecule has 1 aromatic carbocycles. The quantitative estimate of drug-likeness (QED) is 0.0329. The van der Waals surface area contributed by atoms with Gasteiger partial charge in [-0.25, -0.2) is 0 Å². The number of primary amides is 1. The van der Waals surface area contributed by atoms with Gasteiger partial charge in [0.1, 0.15) is 30.3 Å². The molecular formula is C65H109N11O14. The molecule has 0 aromatic heterocycles. The van der Waals surface area contributed by atoms with Gasteiger partial charge in [-0.15, -0.1) is 0 Å². The third-order valence-electron chi connectivity index (χ3n) is 17.7. The number of benzene rings is 1. The van der Waals surface area contributed by atoms with Crippen molar-refractivity contribution in [1.29, 1.82) is 0 Å². The summed E-state index contributed by atoms with van der Waals surface area (Å²) in [6.45, 7) is 21.9. The number of amides is 7. The minimum absolute atomic E-state index is 0.260. The van der Waals surface area contributed by atoms with Gasteiger partial charge >= 0.3 is 5.97 Å². The summed E-state index contributed by atoms with van der Waals surface area (Å²) in [5.41, 5.74) is 6.37. The molecule has 2 rings (SSSR count). The number of nitrogens with one attached hydrogen (secondary N) is 10. The smallest absolute Gasteiger partial charge is 0.323 e. The van der Waals surface area contributed by atoms with Gasteiger partial charge < -0.3 is 68.5 Å². The van der Waals surface area contributed by atoms with Crippen molar-refractivity contribution in [3.63, 3.8) is 0 Å². The molecule has 1 aromatic rings. The van der Waals surface area contributed by atoms with Gasteiger partial charge in [0.05, 0.1) is 43.1 Å². The second-order valence-corrected chi connectivity index (χ2v) is 24.6. The summed E-state index contributed by atoms with van der Waals surface area (Å²) in [4.78, 5) is 153. The zero-order chi connectivity index (χ0) is 67.9. The number of unbranched alkanes of at least 4 members (excludes halogenated alkanes) is 1. The van der Waals surface area contributed by atoms with Gasteiger partial charge in [0.15, 0.2) is 17.3 Å². The number of hydrogen-bond acceptors (Lipinski definition) is 18. The van der Waals surface area contributed by atoms with Crippen molar-refractivity contribution >= 4 is 64.7 Å². The van der Waals surface area contributed by atoms with Crippen molar-refractivity contribution in [2.75, 3.05) is 33.9 Å². The normalized spacial score (nSPS) is 21.9. The van der Waals surface area contributed by atoms with Crippen LogP contribution in [0.25, 0.3) is 0 Å². The summed E-state index contributed by atoms with van der Waals surface area (Å²) < 4.78 is 5.97. The maximum absolute atomic E-state index is 14.5. The zero-order valence-electron chi connectivity index (χ0n) is 55.6. The second-order valence-electron chi connectivity index (χ2n) is 24.6. The summed E-state index contributed by atoms with van der Waals surface area (Å²) in [5.74, 6) is -12.4. The number of aliphatic hydroxyl groups excluding tert-OH is 2. The van der Waals surface area contributed by atoms with Crippen LogP contribution in [0.5, 0.6) is 0 Å². The lowest BCUT2D eigenvalue weighted by atomic mass is 9.83. The monoisotopic (exact) mass is 1270 g/mol. The number of hydrogen-bond donors (Lipinski definition) is 13. The van der Waals surface area contributed by atoms with Gasteiger partial charge in [-0.1, -0.05) is 125 Å². The molecule has 25 heteroatoms. The molecule has 17 atom stereocenters. The van der Waals surface area contributed by atoms with Crippen molar-refractivity contribution in [1.82, 2.24) is 53.2 Å². The molecule has 90 heavy (non-hydrogen) atoms. The fraction of sp³-hybridized carbons (Fsp3) is 0.708. The van der Waals surface area contributed by atoms with E-state index in [1.54, 1.807) is 55.6 Å². The van der Waals surface area contributed by atoms with Crippen LogP contribution in [0.1, 0.15) is 159 Å². The number of ketones is 3. The van der Waals surface area contributed by atoms with E-state index in [2.05, 4.69) is 59.7 Å². The summed E-state index contributed by atoms with van der Waals surface area (Å²) in [6.07, 6.45) is 0.572. The van der Waals surface area contributed by atoms with Crippen LogP contribution in [0.3, 0.4) is 0 Å². The van der Waals surface area contributed by atoms with Gasteiger partial charge in [-0.3, -0.25) is 58.1 Å². The van der Waals surface area contributed by atoms with Crippen LogP contribution in [0.4, 0.5) is 0 Å². The summed E-state index contributed by atoms with van der Waals surface area (Å²) in [6, 6.07) is -0.204. The standard InChI is InChI=1S/C65H109N11O14/c1-15-36(5)46(33-51(79)48(27-28-54(66)82)72-63(87)50(35-78)73-64(88)56(38(7)17-3)75-62(86)49(68-14)31-44-24-20-19-21-25-44)61(85)74-55(37(6)16-2)53(81)32-45(34-77)60(84)76-58-42(11)90-65(89)57(39(8)18-4)70-41(10)47(26-22-23-29-69-43(12)67-13)71-59(83)40(9)30-52(58)80/h19-21,24-25,36-42,45-50,55-58,67-70,77-78H,12,15-18,22-23,26-35H2,1-11,13-14H3,(H2,66,82)(H,71,83)(H,72,87)(H,73,88)(H,74,85)(H,75,86)(H,76,84)/t36-,37-,38-,39-,40+,41?,42-,45-,46+,47-,48+,49+,50-,55-,56-,57-,58+/m0/s1. The Kier molecular flexibility index (Phi) is 35.9. The molecule has 25 nitrogen and oxygen atoms in total. The van der Waals surface area contributed by atoms with Crippen LogP contribution >= 0.6 is 0 Å². The number of carbonyl (C=O) groups is 11. The van der Waals surface area contributed by atoms with Gasteiger partial charge in [0.2, 0.25) is 41.4 Å². The highest BCUT2D eigenvalue weighted by Crippen LogP contribution is 2.25. The number of rotatable bonds is 39. The van der Waals surface area contributed by atoms with E-state index < -0.39 is 187 Å². The molecule has 1 saturated heterocycles. The Bertz CT molecular complexity index is 2520. The Morgan fingerprint density at radius 2 is 1.31 bits per heavy atom. The first-order valence-corrected chi connectivity index (χ1v) is 32.2. The molecule has 1 fully saturated rings. The van der Waals surface area contributed by atoms with Gasteiger partial charge in [-0.05, 0) is 82.2 Å². The topological polar surface area (TPSA) is 384 Å². The number of likely N-dealkylation sites (N-methyl/N-ethyl adjacent to an activating group) is 1. The number of ether oxygens (including phenoxy) is 1. The maximum atomic E-state index is 14.5. The second kappa shape index (κ2) is 40.8. The SMILES string of the molecule is C=C(NC)NCCCC[C@@H]1NC(=O)[C@H](C)CC(=O)[C@H](NC(=O)[C@H](CO)CC(=O)[C@@H](NC(=O)[C@H](CC(=O)[C@@H](CCC(N)=O)NC(=O)[C@H](CO)NC(=O)[C@@H](NC(=O)[C@@H](Cc2ccccc2)NC)[C@@H](C)CC)[C@@H](C)CC)[C@@H](C)CC)[C@H](C)OC(=O)[C@H]([C@@H](C)CC)NC1C. The highest BCUT2D eigenvalue weighted by molar-refractivity contribution is 5.99. The van der Waals surface area contributed by atoms with Crippen LogP contribution in [-0.4, -0.2) is 169 Å². The molecule has 0 bridgehead atoms. The van der Waals surface area contributed by atoms with Crippen LogP contribution < -0.4 is 58.9 Å². The Labute approximate surface area is 533 Å². The third-order valence-corrected chi connectivity index (χ3v) is 17.7. The molecule has 508 valence electrons. The Morgan fingerprint density at radius 3 is 1.88 bits per heavy atom.